The van der Waals surface area contributed by atoms with Gasteiger partial charge in [0.25, 0.3) is 0 Å². The van der Waals surface area contributed by atoms with Crippen molar-refractivity contribution in [2.24, 2.45) is 0 Å². The molecule has 110 valence electrons. The molecule has 1 aliphatic rings. The second-order valence-corrected chi connectivity index (χ2v) is 5.41. The Morgan fingerprint density at radius 3 is 2.57 bits per heavy atom. The molecule has 2 aromatic carbocycles. The summed E-state index contributed by atoms with van der Waals surface area (Å²) >= 11 is 0. The minimum absolute atomic E-state index is 0.135. The molecule has 0 saturated heterocycles. The van der Waals surface area contributed by atoms with E-state index in [4.69, 9.17) is 0 Å². The Bertz CT molecular complexity index is 648. The van der Waals surface area contributed by atoms with Gasteiger partial charge < -0.3 is 5.11 Å². The molecule has 2 aromatic rings. The van der Waals surface area contributed by atoms with Gasteiger partial charge in [-0.3, -0.25) is 0 Å². The third-order valence-corrected chi connectivity index (χ3v) is 4.12. The van der Waals surface area contributed by atoms with Crippen LogP contribution in [-0.2, 0) is 12.6 Å². The van der Waals surface area contributed by atoms with Crippen LogP contribution in [0.1, 0.15) is 40.7 Å². The lowest BCUT2D eigenvalue weighted by Gasteiger charge is -2.20. The zero-order valence-corrected chi connectivity index (χ0v) is 11.3. The molecule has 0 bridgehead atoms. The summed E-state index contributed by atoms with van der Waals surface area (Å²) in [4.78, 5) is 0. The first-order valence-corrected chi connectivity index (χ1v) is 6.90. The lowest BCUT2D eigenvalue weighted by Crippen LogP contribution is -2.11. The summed E-state index contributed by atoms with van der Waals surface area (Å²) in [7, 11) is 0. The predicted molar refractivity (Wildman–Crippen MR) is 73.9 cm³/mol. The van der Waals surface area contributed by atoms with E-state index in [1.165, 1.54) is 11.6 Å². The SMILES string of the molecule is OC(c1cccc(C(F)(F)F)c1)C1CCc2ccccc21. The fraction of sp³-hybridized carbons (Fsp3) is 0.294. The summed E-state index contributed by atoms with van der Waals surface area (Å²) in [5.41, 5.74) is 1.83. The van der Waals surface area contributed by atoms with Gasteiger partial charge >= 0.3 is 6.18 Å². The van der Waals surface area contributed by atoms with E-state index in [2.05, 4.69) is 0 Å². The summed E-state index contributed by atoms with van der Waals surface area (Å²) in [6, 6.07) is 12.8. The molecule has 3 rings (SSSR count). The number of aliphatic hydroxyl groups is 1. The van der Waals surface area contributed by atoms with Crippen molar-refractivity contribution >= 4 is 0 Å². The second kappa shape index (κ2) is 5.19. The fourth-order valence-electron chi connectivity index (χ4n) is 3.05. The number of alkyl halides is 3. The minimum Gasteiger partial charge on any atom is -0.388 e. The number of aryl methyl sites for hydroxylation is 1. The topological polar surface area (TPSA) is 20.2 Å². The van der Waals surface area contributed by atoms with Gasteiger partial charge in [-0.2, -0.15) is 13.2 Å². The minimum atomic E-state index is -4.39. The summed E-state index contributed by atoms with van der Waals surface area (Å²) < 4.78 is 38.3. The molecule has 0 aromatic heterocycles. The Morgan fingerprint density at radius 1 is 1.05 bits per heavy atom. The van der Waals surface area contributed by atoms with Gasteiger partial charge in [0.1, 0.15) is 0 Å². The van der Waals surface area contributed by atoms with E-state index in [9.17, 15) is 18.3 Å². The zero-order chi connectivity index (χ0) is 15.0. The molecule has 0 fully saturated rings. The van der Waals surface area contributed by atoms with Gasteiger partial charge in [-0.1, -0.05) is 36.4 Å². The molecule has 0 heterocycles. The average molecular weight is 292 g/mol. The first-order chi connectivity index (χ1) is 9.97. The van der Waals surface area contributed by atoms with Crippen molar-refractivity contribution in [2.45, 2.75) is 31.0 Å². The van der Waals surface area contributed by atoms with Crippen molar-refractivity contribution in [1.29, 1.82) is 0 Å². The summed E-state index contributed by atoms with van der Waals surface area (Å²) in [6.45, 7) is 0. The molecule has 2 atom stereocenters. The average Bonchev–Trinajstić information content (AvgIpc) is 2.90. The van der Waals surface area contributed by atoms with Crippen LogP contribution in [0.15, 0.2) is 48.5 Å². The molecule has 0 amide bonds. The smallest absolute Gasteiger partial charge is 0.388 e. The highest BCUT2D eigenvalue weighted by atomic mass is 19.4. The van der Waals surface area contributed by atoms with Gasteiger partial charge in [0.15, 0.2) is 0 Å². The first-order valence-electron chi connectivity index (χ1n) is 6.90. The van der Waals surface area contributed by atoms with E-state index in [1.807, 2.05) is 24.3 Å². The van der Waals surface area contributed by atoms with Crippen LogP contribution >= 0.6 is 0 Å². The van der Waals surface area contributed by atoms with Gasteiger partial charge in [0.2, 0.25) is 0 Å². The maximum atomic E-state index is 12.8. The van der Waals surface area contributed by atoms with Gasteiger partial charge in [0, 0.05) is 5.92 Å². The lowest BCUT2D eigenvalue weighted by molar-refractivity contribution is -0.137. The van der Waals surface area contributed by atoms with E-state index in [0.29, 0.717) is 5.56 Å². The number of aliphatic hydroxyl groups excluding tert-OH is 1. The number of fused-ring (bicyclic) bond motifs is 1. The van der Waals surface area contributed by atoms with Crippen molar-refractivity contribution in [3.8, 4) is 0 Å². The Morgan fingerprint density at radius 2 is 1.81 bits per heavy atom. The van der Waals surface area contributed by atoms with Crippen molar-refractivity contribution in [2.75, 3.05) is 0 Å². The van der Waals surface area contributed by atoms with Crippen LogP contribution in [0.4, 0.5) is 13.2 Å². The molecule has 0 saturated carbocycles. The summed E-state index contributed by atoms with van der Waals surface area (Å²) in [6.07, 6.45) is -3.67. The first kappa shape index (κ1) is 14.1. The molecule has 1 aliphatic carbocycles. The third-order valence-electron chi connectivity index (χ3n) is 4.12. The zero-order valence-electron chi connectivity index (χ0n) is 11.3. The number of benzene rings is 2. The van der Waals surface area contributed by atoms with E-state index < -0.39 is 17.8 Å². The van der Waals surface area contributed by atoms with E-state index >= 15 is 0 Å². The summed E-state index contributed by atoms with van der Waals surface area (Å²) in [5, 5.41) is 10.5. The highest BCUT2D eigenvalue weighted by Crippen LogP contribution is 2.42. The van der Waals surface area contributed by atoms with Crippen molar-refractivity contribution in [3.05, 3.63) is 70.8 Å². The Hall–Kier alpha value is -1.81. The van der Waals surface area contributed by atoms with Crippen LogP contribution in [0.25, 0.3) is 0 Å². The highest BCUT2D eigenvalue weighted by molar-refractivity contribution is 5.38. The molecule has 0 radical (unpaired) electrons. The Labute approximate surface area is 121 Å². The van der Waals surface area contributed by atoms with Gasteiger partial charge in [0.05, 0.1) is 11.7 Å². The Balaban J connectivity index is 1.92. The van der Waals surface area contributed by atoms with E-state index in [0.717, 1.165) is 30.5 Å². The largest absolute Gasteiger partial charge is 0.416 e. The van der Waals surface area contributed by atoms with E-state index in [1.54, 1.807) is 6.07 Å². The van der Waals surface area contributed by atoms with E-state index in [-0.39, 0.29) is 5.92 Å². The van der Waals surface area contributed by atoms with Crippen molar-refractivity contribution in [3.63, 3.8) is 0 Å². The van der Waals surface area contributed by atoms with Gasteiger partial charge in [-0.25, -0.2) is 0 Å². The molecule has 0 aliphatic heterocycles. The number of hydrogen-bond acceptors (Lipinski definition) is 1. The lowest BCUT2D eigenvalue weighted by atomic mass is 9.90. The molecular weight excluding hydrogens is 277 g/mol. The molecular formula is C17H15F3O. The molecule has 21 heavy (non-hydrogen) atoms. The standard InChI is InChI=1S/C17H15F3O/c18-17(19,20)13-6-3-5-12(10-13)16(21)15-9-8-11-4-1-2-7-14(11)15/h1-7,10,15-16,21H,8-9H2. The van der Waals surface area contributed by atoms with Crippen molar-refractivity contribution in [1.82, 2.24) is 0 Å². The molecule has 0 spiro atoms. The van der Waals surface area contributed by atoms with Gasteiger partial charge in [-0.15, -0.1) is 0 Å². The normalized spacial score (nSPS) is 19.3. The van der Waals surface area contributed by atoms with Crippen LogP contribution in [0.2, 0.25) is 0 Å². The molecule has 2 unspecified atom stereocenters. The number of halogens is 3. The maximum Gasteiger partial charge on any atom is 0.416 e. The maximum absolute atomic E-state index is 12.8. The monoisotopic (exact) mass is 292 g/mol. The van der Waals surface area contributed by atoms with Gasteiger partial charge in [-0.05, 0) is 41.7 Å². The quantitative estimate of drug-likeness (QED) is 0.866. The Kier molecular flexibility index (Phi) is 3.49. The van der Waals surface area contributed by atoms with Crippen LogP contribution in [0.3, 0.4) is 0 Å². The molecule has 1 nitrogen and oxygen atoms in total. The van der Waals surface area contributed by atoms with Crippen LogP contribution < -0.4 is 0 Å². The van der Waals surface area contributed by atoms with Crippen LogP contribution in [-0.4, -0.2) is 5.11 Å². The molecule has 4 heteroatoms. The molecule has 1 N–H and O–H groups in total. The van der Waals surface area contributed by atoms with Crippen molar-refractivity contribution < 1.29 is 18.3 Å². The fourth-order valence-corrected chi connectivity index (χ4v) is 3.05. The predicted octanol–water partition coefficient (Wildman–Crippen LogP) is 4.47. The third kappa shape index (κ3) is 2.68. The summed E-state index contributed by atoms with van der Waals surface area (Å²) in [5.74, 6) is -0.135. The second-order valence-electron chi connectivity index (χ2n) is 5.41. The van der Waals surface area contributed by atoms with Crippen LogP contribution in [0, 0.1) is 0 Å². The number of rotatable bonds is 2. The number of hydrogen-bond donors (Lipinski definition) is 1. The highest BCUT2D eigenvalue weighted by Gasteiger charge is 2.33. The van der Waals surface area contributed by atoms with Crippen LogP contribution in [0.5, 0.6) is 0 Å².